The molecule has 180 valence electrons. The van der Waals surface area contributed by atoms with Gasteiger partial charge < -0.3 is 29.9 Å². The number of hydrogen-bond donors (Lipinski definition) is 0. The fraction of sp³-hybridized carbons (Fsp3) is 0.727. The molecule has 0 aliphatic heterocycles. The largest absolute Gasteiger partial charge is 4.00 e. The Balaban J connectivity index is -0.000000106. The predicted octanol–water partition coefficient (Wildman–Crippen LogP) is 0.692. The van der Waals surface area contributed by atoms with Crippen molar-refractivity contribution in [3.63, 3.8) is 0 Å². The van der Waals surface area contributed by atoms with Gasteiger partial charge in [0.2, 0.25) is 0 Å². The number of carbonyl (C=O) groups excluding carboxylic acids is 2. The molecule has 0 rings (SSSR count). The van der Waals surface area contributed by atoms with Crippen LogP contribution in [0.1, 0.15) is 83.1 Å². The van der Waals surface area contributed by atoms with Crippen LogP contribution in [0.4, 0.5) is 0 Å². The summed E-state index contributed by atoms with van der Waals surface area (Å²) in [5.41, 5.74) is -1.05. The molecule has 9 heteroatoms. The Labute approximate surface area is 207 Å². The average Bonchev–Trinajstić information content (AvgIpc) is 2.29. The molecule has 0 aromatic rings. The summed E-state index contributed by atoms with van der Waals surface area (Å²) in [5, 5.41) is 39.8. The molecule has 8 nitrogen and oxygen atoms in total. The van der Waals surface area contributed by atoms with Crippen LogP contribution in [0.5, 0.6) is 0 Å². The van der Waals surface area contributed by atoms with Crippen LogP contribution in [-0.4, -0.2) is 35.3 Å². The van der Waals surface area contributed by atoms with Crippen molar-refractivity contribution in [1.82, 2.24) is 0 Å². The summed E-state index contributed by atoms with van der Waals surface area (Å²) < 4.78 is 9.67. The molecule has 0 fully saturated rings. The van der Waals surface area contributed by atoms with E-state index in [0.29, 0.717) is 0 Å². The van der Waals surface area contributed by atoms with Crippen molar-refractivity contribution < 1.29 is 65.7 Å². The molecular weight excluding hydrogens is 483 g/mol. The molecule has 31 heavy (non-hydrogen) atoms. The van der Waals surface area contributed by atoms with Crippen molar-refractivity contribution >= 4 is 11.9 Å². The average molecular weight is 524 g/mol. The Morgan fingerprint density at radius 3 is 0.935 bits per heavy atom. The SMILES string of the molecule is C/C([O-])=C/C(=O)OC(C)(C)C.C/C([O-])=C/C(=O)OC(C)(C)C.CC(C)[O-].CC(C)[O-].[Zr+4]. The smallest absolute Gasteiger partial charge is 0.875 e. The third kappa shape index (κ3) is 73.3. The molecule has 0 saturated heterocycles. The van der Waals surface area contributed by atoms with E-state index >= 15 is 0 Å². The summed E-state index contributed by atoms with van der Waals surface area (Å²) in [6.07, 6.45) is 1.04. The van der Waals surface area contributed by atoms with Gasteiger partial charge in [0.25, 0.3) is 0 Å². The zero-order valence-electron chi connectivity index (χ0n) is 21.1. The molecule has 0 aliphatic rings. The minimum Gasteiger partial charge on any atom is -0.875 e. The maximum Gasteiger partial charge on any atom is 4.00 e. The molecule has 0 aromatic carbocycles. The third-order valence-electron chi connectivity index (χ3n) is 1.46. The zero-order chi connectivity index (χ0) is 25.3. The Morgan fingerprint density at radius 2 is 0.839 bits per heavy atom. The molecule has 0 aliphatic carbocycles. The molecule has 0 heterocycles. The van der Waals surface area contributed by atoms with E-state index in [2.05, 4.69) is 0 Å². The van der Waals surface area contributed by atoms with Crippen LogP contribution in [0.25, 0.3) is 0 Å². The minimum absolute atomic E-state index is 0. The maximum atomic E-state index is 10.8. The van der Waals surface area contributed by atoms with E-state index in [1.807, 2.05) is 0 Å². The van der Waals surface area contributed by atoms with Gasteiger partial charge in [-0.3, -0.25) is 0 Å². The molecule has 0 bridgehead atoms. The van der Waals surface area contributed by atoms with Crippen molar-refractivity contribution in [3.8, 4) is 0 Å². The van der Waals surface area contributed by atoms with Crippen LogP contribution in [0, 0.1) is 0 Å². The van der Waals surface area contributed by atoms with Crippen molar-refractivity contribution in [2.45, 2.75) is 106 Å². The van der Waals surface area contributed by atoms with Crippen LogP contribution >= 0.6 is 0 Å². The van der Waals surface area contributed by atoms with E-state index in [1.165, 1.54) is 13.8 Å². The van der Waals surface area contributed by atoms with Gasteiger partial charge in [-0.05, 0) is 41.5 Å². The molecule has 0 atom stereocenters. The summed E-state index contributed by atoms with van der Waals surface area (Å²) in [7, 11) is 0. The van der Waals surface area contributed by atoms with Crippen molar-refractivity contribution in [2.75, 3.05) is 0 Å². The van der Waals surface area contributed by atoms with Gasteiger partial charge >= 0.3 is 38.1 Å². The van der Waals surface area contributed by atoms with E-state index in [9.17, 15) is 30.0 Å². The quantitative estimate of drug-likeness (QED) is 0.292. The van der Waals surface area contributed by atoms with Crippen LogP contribution in [0.15, 0.2) is 23.7 Å². The second kappa shape index (κ2) is 20.7. The molecule has 0 radical (unpaired) electrons. The van der Waals surface area contributed by atoms with Gasteiger partial charge in [0.05, 0.1) is 0 Å². The summed E-state index contributed by atoms with van der Waals surface area (Å²) in [6, 6.07) is 0. The molecule has 0 unspecified atom stereocenters. The summed E-state index contributed by atoms with van der Waals surface area (Å²) in [5.74, 6) is -1.74. The minimum atomic E-state index is -0.579. The fourth-order valence-corrected chi connectivity index (χ4v) is 0.994. The van der Waals surface area contributed by atoms with Crippen LogP contribution in [0.3, 0.4) is 0 Å². The van der Waals surface area contributed by atoms with Gasteiger partial charge in [-0.15, -0.1) is 23.7 Å². The normalized spacial score (nSPS) is 11.5. The number of esters is 2. The summed E-state index contributed by atoms with van der Waals surface area (Å²) >= 11 is 0. The molecular formula is C22H40O8Zr. The molecule has 0 N–H and O–H groups in total. The third-order valence-corrected chi connectivity index (χ3v) is 1.46. The van der Waals surface area contributed by atoms with Crippen LogP contribution < -0.4 is 20.4 Å². The number of ether oxygens (including phenoxy) is 2. The number of allylic oxidation sites excluding steroid dienone is 2. The van der Waals surface area contributed by atoms with E-state index in [4.69, 9.17) is 9.47 Å². The van der Waals surface area contributed by atoms with Gasteiger partial charge in [-0.2, -0.15) is 0 Å². The first-order valence-electron chi connectivity index (χ1n) is 9.57. The first-order chi connectivity index (χ1) is 13.1. The van der Waals surface area contributed by atoms with E-state index in [0.717, 1.165) is 12.2 Å². The second-order valence-corrected chi connectivity index (χ2v) is 8.67. The van der Waals surface area contributed by atoms with E-state index < -0.39 is 35.3 Å². The number of carbonyl (C=O) groups is 2. The van der Waals surface area contributed by atoms with Gasteiger partial charge in [0, 0.05) is 12.2 Å². The molecule has 0 saturated carbocycles. The van der Waals surface area contributed by atoms with Gasteiger partial charge in [-0.1, -0.05) is 41.5 Å². The number of rotatable bonds is 2. The first kappa shape index (κ1) is 40.2. The molecule has 0 aromatic heterocycles. The second-order valence-electron chi connectivity index (χ2n) is 8.67. The van der Waals surface area contributed by atoms with Gasteiger partial charge in [0.1, 0.15) is 11.2 Å². The van der Waals surface area contributed by atoms with Crippen molar-refractivity contribution in [1.29, 1.82) is 0 Å². The topological polar surface area (TPSA) is 145 Å². The number of hydrogen-bond acceptors (Lipinski definition) is 8. The van der Waals surface area contributed by atoms with Gasteiger partial charge in [-0.25, -0.2) is 9.59 Å². The standard InChI is InChI=1S/2C8H14O3.2C3H7O.Zr/c2*1-6(9)5-7(10)11-8(2,3)4;2*1-3(2)4;/h2*5,9H,1-4H3;2*3H,1-2H3;/q;;2*-1;+4/p-2/b2*6-5-;;;. The van der Waals surface area contributed by atoms with Gasteiger partial charge in [0.15, 0.2) is 0 Å². The fourth-order valence-electron chi connectivity index (χ4n) is 0.994. The monoisotopic (exact) mass is 522 g/mol. The summed E-state index contributed by atoms with van der Waals surface area (Å²) in [6.45, 7) is 19.6. The molecule has 0 amide bonds. The predicted molar refractivity (Wildman–Crippen MR) is 109 cm³/mol. The maximum absolute atomic E-state index is 10.8. The van der Waals surface area contributed by atoms with Crippen molar-refractivity contribution in [3.05, 3.63) is 23.7 Å². The zero-order valence-corrected chi connectivity index (χ0v) is 23.5. The van der Waals surface area contributed by atoms with E-state index in [1.54, 1.807) is 69.2 Å². The Bertz CT molecular complexity index is 463. The summed E-state index contributed by atoms with van der Waals surface area (Å²) in [4.78, 5) is 21.5. The molecule has 0 spiro atoms. The Morgan fingerprint density at radius 1 is 0.677 bits per heavy atom. The van der Waals surface area contributed by atoms with Crippen LogP contribution in [-0.2, 0) is 45.3 Å². The van der Waals surface area contributed by atoms with Crippen molar-refractivity contribution in [2.24, 2.45) is 0 Å². The van der Waals surface area contributed by atoms with E-state index in [-0.39, 0.29) is 37.7 Å². The Kier molecular flexibility index (Phi) is 26.9. The Hall–Kier alpha value is -1.18. The van der Waals surface area contributed by atoms with Crippen LogP contribution in [0.2, 0.25) is 0 Å². The first-order valence-corrected chi connectivity index (χ1v) is 9.57.